The van der Waals surface area contributed by atoms with Crippen molar-refractivity contribution in [2.75, 3.05) is 33.9 Å². The van der Waals surface area contributed by atoms with Crippen LogP contribution in [0.25, 0.3) is 0 Å². The van der Waals surface area contributed by atoms with E-state index in [0.29, 0.717) is 31.2 Å². The van der Waals surface area contributed by atoms with E-state index in [1.807, 2.05) is 24.3 Å². The van der Waals surface area contributed by atoms with Crippen LogP contribution >= 0.6 is 0 Å². The SMILES string of the molecule is COc1ccccc1OCCN(C)C(=O)C1CNC(=O)N1. The molecule has 1 aromatic carbocycles. The van der Waals surface area contributed by atoms with Gasteiger partial charge in [0.2, 0.25) is 5.91 Å². The third kappa shape index (κ3) is 3.77. The molecular weight excluding hydrogens is 274 g/mol. The number of urea groups is 1. The van der Waals surface area contributed by atoms with Gasteiger partial charge in [-0.15, -0.1) is 0 Å². The summed E-state index contributed by atoms with van der Waals surface area (Å²) in [5.74, 6) is 1.15. The molecule has 1 fully saturated rings. The molecule has 0 saturated carbocycles. The number of methoxy groups -OCH3 is 1. The van der Waals surface area contributed by atoms with Gasteiger partial charge < -0.3 is 25.0 Å². The van der Waals surface area contributed by atoms with E-state index < -0.39 is 6.04 Å². The zero-order chi connectivity index (χ0) is 15.2. The Labute approximate surface area is 123 Å². The van der Waals surface area contributed by atoms with Crippen molar-refractivity contribution < 1.29 is 19.1 Å². The predicted octanol–water partition coefficient (Wildman–Crippen LogP) is 0.214. The Morgan fingerprint density at radius 3 is 2.71 bits per heavy atom. The van der Waals surface area contributed by atoms with Gasteiger partial charge in [-0.25, -0.2) is 4.79 Å². The number of nitrogens with zero attached hydrogens (tertiary/aromatic N) is 1. The van der Waals surface area contributed by atoms with Gasteiger partial charge in [-0.1, -0.05) is 12.1 Å². The van der Waals surface area contributed by atoms with Crippen molar-refractivity contribution in [2.45, 2.75) is 6.04 Å². The average molecular weight is 293 g/mol. The maximum Gasteiger partial charge on any atom is 0.315 e. The van der Waals surface area contributed by atoms with E-state index in [9.17, 15) is 9.59 Å². The second-order valence-corrected chi connectivity index (χ2v) is 4.67. The fraction of sp³-hybridized carbons (Fsp3) is 0.429. The van der Waals surface area contributed by atoms with Crippen molar-refractivity contribution >= 4 is 11.9 Å². The molecule has 3 amide bonds. The maximum absolute atomic E-state index is 12.0. The van der Waals surface area contributed by atoms with Crippen LogP contribution in [0.1, 0.15) is 0 Å². The molecule has 0 spiro atoms. The lowest BCUT2D eigenvalue weighted by molar-refractivity contribution is -0.131. The van der Waals surface area contributed by atoms with Crippen LogP contribution in [0.2, 0.25) is 0 Å². The summed E-state index contributed by atoms with van der Waals surface area (Å²) in [6.45, 7) is 1.08. The van der Waals surface area contributed by atoms with Gasteiger partial charge in [0.05, 0.1) is 13.7 Å². The van der Waals surface area contributed by atoms with E-state index in [1.165, 1.54) is 4.90 Å². The third-order valence-corrected chi connectivity index (χ3v) is 3.20. The first-order valence-corrected chi connectivity index (χ1v) is 6.67. The molecule has 1 aromatic rings. The quantitative estimate of drug-likeness (QED) is 0.786. The largest absolute Gasteiger partial charge is 0.493 e. The number of hydrogen-bond acceptors (Lipinski definition) is 4. The molecule has 1 saturated heterocycles. The van der Waals surface area contributed by atoms with Gasteiger partial charge in [0.25, 0.3) is 0 Å². The van der Waals surface area contributed by atoms with Crippen LogP contribution in [0, 0.1) is 0 Å². The number of benzene rings is 1. The standard InChI is InChI=1S/C14H19N3O4/c1-17(13(18)10-9-15-14(19)16-10)7-8-21-12-6-4-3-5-11(12)20-2/h3-6,10H,7-9H2,1-2H3,(H2,15,16,19). The Hall–Kier alpha value is -2.44. The Balaban J connectivity index is 1.80. The smallest absolute Gasteiger partial charge is 0.315 e. The number of carbonyl (C=O) groups is 2. The average Bonchev–Trinajstić information content (AvgIpc) is 2.93. The number of likely N-dealkylation sites (N-methyl/N-ethyl adjacent to an activating group) is 1. The summed E-state index contributed by atoms with van der Waals surface area (Å²) in [5.41, 5.74) is 0. The van der Waals surface area contributed by atoms with Crippen molar-refractivity contribution in [3.8, 4) is 11.5 Å². The first-order chi connectivity index (χ1) is 10.1. The molecule has 0 bridgehead atoms. The van der Waals surface area contributed by atoms with Gasteiger partial charge in [0.15, 0.2) is 11.5 Å². The number of para-hydroxylation sites is 2. The van der Waals surface area contributed by atoms with Gasteiger partial charge in [0.1, 0.15) is 12.6 Å². The molecule has 1 aliphatic rings. The number of carbonyl (C=O) groups excluding carboxylic acids is 2. The van der Waals surface area contributed by atoms with Gasteiger partial charge in [-0.3, -0.25) is 4.79 Å². The maximum atomic E-state index is 12.0. The van der Waals surface area contributed by atoms with Crippen LogP contribution in [0.3, 0.4) is 0 Å². The highest BCUT2D eigenvalue weighted by atomic mass is 16.5. The lowest BCUT2D eigenvalue weighted by Crippen LogP contribution is -2.45. The molecule has 0 aliphatic carbocycles. The summed E-state index contributed by atoms with van der Waals surface area (Å²) >= 11 is 0. The zero-order valence-electron chi connectivity index (χ0n) is 12.1. The summed E-state index contributed by atoms with van der Waals surface area (Å²) in [6.07, 6.45) is 0. The normalized spacial score (nSPS) is 16.9. The molecular formula is C14H19N3O4. The molecule has 0 aromatic heterocycles. The molecule has 114 valence electrons. The lowest BCUT2D eigenvalue weighted by atomic mass is 10.3. The monoisotopic (exact) mass is 293 g/mol. The number of amides is 3. The summed E-state index contributed by atoms with van der Waals surface area (Å²) in [6, 6.07) is 6.51. The van der Waals surface area contributed by atoms with Crippen LogP contribution in [0.15, 0.2) is 24.3 Å². The van der Waals surface area contributed by atoms with E-state index >= 15 is 0 Å². The molecule has 7 nitrogen and oxygen atoms in total. The van der Waals surface area contributed by atoms with Crippen molar-refractivity contribution in [1.29, 1.82) is 0 Å². The lowest BCUT2D eigenvalue weighted by Gasteiger charge is -2.20. The highest BCUT2D eigenvalue weighted by molar-refractivity contribution is 5.90. The summed E-state index contributed by atoms with van der Waals surface area (Å²) < 4.78 is 10.8. The van der Waals surface area contributed by atoms with E-state index in [0.717, 1.165) is 0 Å². The minimum atomic E-state index is -0.506. The molecule has 1 heterocycles. The third-order valence-electron chi connectivity index (χ3n) is 3.20. The Bertz CT molecular complexity index is 521. The highest BCUT2D eigenvalue weighted by Crippen LogP contribution is 2.25. The first-order valence-electron chi connectivity index (χ1n) is 6.67. The Morgan fingerprint density at radius 1 is 1.38 bits per heavy atom. The topological polar surface area (TPSA) is 79.9 Å². The van der Waals surface area contributed by atoms with Gasteiger partial charge in [-0.2, -0.15) is 0 Å². The Kier molecular flexibility index (Phi) is 4.86. The van der Waals surface area contributed by atoms with E-state index in [2.05, 4.69) is 10.6 Å². The molecule has 7 heteroatoms. The van der Waals surface area contributed by atoms with Crippen LogP contribution < -0.4 is 20.1 Å². The zero-order valence-corrected chi connectivity index (χ0v) is 12.1. The van der Waals surface area contributed by atoms with Crippen LogP contribution in [0.5, 0.6) is 11.5 Å². The molecule has 0 radical (unpaired) electrons. The summed E-state index contributed by atoms with van der Waals surface area (Å²) in [7, 11) is 3.26. The first kappa shape index (κ1) is 15.0. The van der Waals surface area contributed by atoms with Crippen molar-refractivity contribution in [3.63, 3.8) is 0 Å². The molecule has 2 N–H and O–H groups in total. The minimum absolute atomic E-state index is 0.142. The van der Waals surface area contributed by atoms with Gasteiger partial charge in [0, 0.05) is 13.6 Å². The van der Waals surface area contributed by atoms with Crippen molar-refractivity contribution in [3.05, 3.63) is 24.3 Å². The molecule has 2 rings (SSSR count). The summed E-state index contributed by atoms with van der Waals surface area (Å²) in [4.78, 5) is 24.6. The van der Waals surface area contributed by atoms with Crippen LogP contribution in [0.4, 0.5) is 4.79 Å². The number of nitrogens with one attached hydrogen (secondary N) is 2. The van der Waals surface area contributed by atoms with Crippen LogP contribution in [-0.4, -0.2) is 56.7 Å². The predicted molar refractivity (Wildman–Crippen MR) is 76.4 cm³/mol. The molecule has 21 heavy (non-hydrogen) atoms. The van der Waals surface area contributed by atoms with Crippen molar-refractivity contribution in [2.24, 2.45) is 0 Å². The van der Waals surface area contributed by atoms with E-state index in [1.54, 1.807) is 14.2 Å². The number of rotatable bonds is 6. The summed E-state index contributed by atoms with van der Waals surface area (Å²) in [5, 5.41) is 5.12. The van der Waals surface area contributed by atoms with Crippen molar-refractivity contribution in [1.82, 2.24) is 15.5 Å². The Morgan fingerprint density at radius 2 is 2.10 bits per heavy atom. The molecule has 1 unspecified atom stereocenters. The van der Waals surface area contributed by atoms with Gasteiger partial charge in [-0.05, 0) is 12.1 Å². The fourth-order valence-electron chi connectivity index (χ4n) is 2.01. The molecule has 1 atom stereocenters. The minimum Gasteiger partial charge on any atom is -0.493 e. The van der Waals surface area contributed by atoms with E-state index in [-0.39, 0.29) is 11.9 Å². The fourth-order valence-corrected chi connectivity index (χ4v) is 2.01. The van der Waals surface area contributed by atoms with Gasteiger partial charge >= 0.3 is 6.03 Å². The highest BCUT2D eigenvalue weighted by Gasteiger charge is 2.28. The second-order valence-electron chi connectivity index (χ2n) is 4.67. The molecule has 1 aliphatic heterocycles. The van der Waals surface area contributed by atoms with E-state index in [4.69, 9.17) is 9.47 Å². The number of hydrogen-bond donors (Lipinski definition) is 2. The number of ether oxygens (including phenoxy) is 2. The van der Waals surface area contributed by atoms with Crippen LogP contribution in [-0.2, 0) is 4.79 Å². The second kappa shape index (κ2) is 6.83.